The molecule has 0 radical (unpaired) electrons. The molecule has 0 saturated carbocycles. The summed E-state index contributed by atoms with van der Waals surface area (Å²) in [4.78, 5) is 0. The van der Waals surface area contributed by atoms with Crippen LogP contribution < -0.4 is 0 Å². The summed E-state index contributed by atoms with van der Waals surface area (Å²) >= 11 is 0. The molecule has 62 valence electrons. The quantitative estimate of drug-likeness (QED) is 0.613. The monoisotopic (exact) mass is 160 g/mol. The lowest BCUT2D eigenvalue weighted by Gasteiger charge is -2.12. The Morgan fingerprint density at radius 1 is 1.33 bits per heavy atom. The number of hydrogen-bond donors (Lipinski definition) is 0. The highest BCUT2D eigenvalue weighted by Gasteiger charge is 2.14. The van der Waals surface area contributed by atoms with Crippen molar-refractivity contribution in [2.24, 2.45) is 0 Å². The van der Waals surface area contributed by atoms with E-state index in [9.17, 15) is 0 Å². The molecule has 0 amide bonds. The molecule has 1 heterocycles. The van der Waals surface area contributed by atoms with E-state index < -0.39 is 0 Å². The van der Waals surface area contributed by atoms with Gasteiger partial charge in [-0.05, 0) is 24.1 Å². The zero-order chi connectivity index (χ0) is 8.39. The van der Waals surface area contributed by atoms with E-state index in [1.165, 1.54) is 11.1 Å². The molecular weight excluding hydrogens is 148 g/mol. The molecule has 0 saturated heterocycles. The summed E-state index contributed by atoms with van der Waals surface area (Å²) in [7, 11) is 0. The third kappa shape index (κ3) is 1.22. The van der Waals surface area contributed by atoms with E-state index in [-0.39, 0.29) is 6.10 Å². The van der Waals surface area contributed by atoms with Gasteiger partial charge in [-0.3, -0.25) is 0 Å². The van der Waals surface area contributed by atoms with Crippen LogP contribution in [0.15, 0.2) is 36.6 Å². The van der Waals surface area contributed by atoms with E-state index in [2.05, 4.69) is 37.3 Å². The number of benzene rings is 1. The Bertz CT molecular complexity index is 294. The second kappa shape index (κ2) is 3.02. The number of rotatable bonds is 1. The molecule has 1 heteroatoms. The topological polar surface area (TPSA) is 9.23 Å². The van der Waals surface area contributed by atoms with Gasteiger partial charge in [0.2, 0.25) is 0 Å². The van der Waals surface area contributed by atoms with Gasteiger partial charge in [-0.2, -0.15) is 0 Å². The van der Waals surface area contributed by atoms with Crippen molar-refractivity contribution < 1.29 is 4.74 Å². The molecule has 0 fully saturated rings. The second-order valence-electron chi connectivity index (χ2n) is 3.09. The first kappa shape index (κ1) is 7.41. The van der Waals surface area contributed by atoms with Crippen LogP contribution in [-0.4, -0.2) is 0 Å². The van der Waals surface area contributed by atoms with Gasteiger partial charge in [0.05, 0.1) is 6.26 Å². The van der Waals surface area contributed by atoms with Gasteiger partial charge >= 0.3 is 0 Å². The molecule has 1 aliphatic rings. The summed E-state index contributed by atoms with van der Waals surface area (Å²) in [6.07, 6.45) is 5.12. The van der Waals surface area contributed by atoms with Crippen LogP contribution in [0.25, 0.3) is 0 Å². The van der Waals surface area contributed by atoms with Gasteiger partial charge in [0.25, 0.3) is 0 Å². The van der Waals surface area contributed by atoms with Gasteiger partial charge < -0.3 is 4.74 Å². The molecule has 0 aliphatic carbocycles. The molecule has 1 aromatic carbocycles. The molecule has 1 aliphatic heterocycles. The first-order chi connectivity index (χ1) is 5.88. The normalized spacial score (nSPS) is 20.9. The van der Waals surface area contributed by atoms with Crippen LogP contribution in [0.5, 0.6) is 0 Å². The Hall–Kier alpha value is -1.24. The lowest BCUT2D eigenvalue weighted by molar-refractivity contribution is 0.172. The van der Waals surface area contributed by atoms with Crippen LogP contribution in [-0.2, 0) is 4.74 Å². The Morgan fingerprint density at radius 2 is 2.17 bits per heavy atom. The summed E-state index contributed by atoms with van der Waals surface area (Å²) in [5.41, 5.74) is 2.62. The number of ether oxygens (including phenoxy) is 1. The molecular formula is C11H12O. The molecule has 1 aromatic rings. The fourth-order valence-corrected chi connectivity index (χ4v) is 1.53. The predicted octanol–water partition coefficient (Wildman–Crippen LogP) is 2.97. The van der Waals surface area contributed by atoms with Crippen molar-refractivity contribution in [1.82, 2.24) is 0 Å². The van der Waals surface area contributed by atoms with E-state index in [0.717, 1.165) is 6.42 Å². The zero-order valence-electron chi connectivity index (χ0n) is 7.16. The second-order valence-corrected chi connectivity index (χ2v) is 3.09. The summed E-state index contributed by atoms with van der Waals surface area (Å²) in [5.74, 6) is 0. The molecule has 0 unspecified atom stereocenters. The molecule has 1 atom stereocenters. The van der Waals surface area contributed by atoms with E-state index in [0.29, 0.717) is 0 Å². The lowest BCUT2D eigenvalue weighted by atomic mass is 10.0. The third-order valence-electron chi connectivity index (χ3n) is 2.22. The third-order valence-corrected chi connectivity index (χ3v) is 2.22. The van der Waals surface area contributed by atoms with Gasteiger partial charge in [0.15, 0.2) is 0 Å². The van der Waals surface area contributed by atoms with Crippen LogP contribution in [0.3, 0.4) is 0 Å². The first-order valence-electron chi connectivity index (χ1n) is 4.24. The highest BCUT2D eigenvalue weighted by Crippen LogP contribution is 2.28. The fourth-order valence-electron chi connectivity index (χ4n) is 1.53. The maximum Gasteiger partial charge on any atom is 0.127 e. The maximum atomic E-state index is 5.44. The van der Waals surface area contributed by atoms with Crippen molar-refractivity contribution in [1.29, 1.82) is 0 Å². The summed E-state index contributed by atoms with van der Waals surface area (Å²) in [6, 6.07) is 8.37. The molecule has 0 spiro atoms. The number of aryl methyl sites for hydroxylation is 1. The molecule has 1 nitrogen and oxygen atoms in total. The average Bonchev–Trinajstić information content (AvgIpc) is 2.57. The van der Waals surface area contributed by atoms with Gasteiger partial charge in [-0.1, -0.05) is 24.3 Å². The summed E-state index contributed by atoms with van der Waals surface area (Å²) < 4.78 is 5.44. The Kier molecular flexibility index (Phi) is 1.86. The van der Waals surface area contributed by atoms with E-state index in [1.807, 2.05) is 0 Å². The Labute approximate surface area is 72.7 Å². The number of hydrogen-bond acceptors (Lipinski definition) is 1. The largest absolute Gasteiger partial charge is 0.493 e. The zero-order valence-corrected chi connectivity index (χ0v) is 7.16. The molecule has 2 rings (SSSR count). The molecule has 0 aromatic heterocycles. The fraction of sp³-hybridized carbons (Fsp3) is 0.273. The summed E-state index contributed by atoms with van der Waals surface area (Å²) in [5, 5.41) is 0. The van der Waals surface area contributed by atoms with E-state index in [4.69, 9.17) is 4.74 Å². The minimum Gasteiger partial charge on any atom is -0.493 e. The van der Waals surface area contributed by atoms with Crippen molar-refractivity contribution in [3.8, 4) is 0 Å². The van der Waals surface area contributed by atoms with Crippen molar-refractivity contribution in [3.63, 3.8) is 0 Å². The molecule has 0 N–H and O–H groups in total. The standard InChI is InChI=1S/C11H12O/c1-9-5-2-3-6-10(9)11-7-4-8-12-11/h2-6,8,11H,7H2,1H3/t11-/m1/s1. The highest BCUT2D eigenvalue weighted by molar-refractivity contribution is 5.28. The lowest BCUT2D eigenvalue weighted by Crippen LogP contribution is -1.97. The van der Waals surface area contributed by atoms with Crippen LogP contribution >= 0.6 is 0 Å². The first-order valence-corrected chi connectivity index (χ1v) is 4.24. The highest BCUT2D eigenvalue weighted by atomic mass is 16.5. The minimum atomic E-state index is 0.256. The summed E-state index contributed by atoms with van der Waals surface area (Å²) in [6.45, 7) is 2.12. The maximum absolute atomic E-state index is 5.44. The van der Waals surface area contributed by atoms with Crippen LogP contribution in [0.1, 0.15) is 23.7 Å². The molecule has 0 bridgehead atoms. The predicted molar refractivity (Wildman–Crippen MR) is 48.8 cm³/mol. The van der Waals surface area contributed by atoms with Gasteiger partial charge in [0.1, 0.15) is 6.10 Å². The van der Waals surface area contributed by atoms with Crippen LogP contribution in [0, 0.1) is 6.92 Å². The average molecular weight is 160 g/mol. The van der Waals surface area contributed by atoms with Gasteiger partial charge in [-0.25, -0.2) is 0 Å². The Balaban J connectivity index is 2.27. The van der Waals surface area contributed by atoms with Crippen molar-refractivity contribution in [2.45, 2.75) is 19.4 Å². The van der Waals surface area contributed by atoms with Crippen molar-refractivity contribution in [3.05, 3.63) is 47.7 Å². The van der Waals surface area contributed by atoms with Crippen LogP contribution in [0.4, 0.5) is 0 Å². The van der Waals surface area contributed by atoms with Crippen molar-refractivity contribution >= 4 is 0 Å². The molecule has 12 heavy (non-hydrogen) atoms. The SMILES string of the molecule is Cc1ccccc1[C@H]1CC=CO1. The van der Waals surface area contributed by atoms with Gasteiger partial charge in [-0.15, -0.1) is 0 Å². The minimum absolute atomic E-state index is 0.256. The Morgan fingerprint density at radius 3 is 2.83 bits per heavy atom. The van der Waals surface area contributed by atoms with Crippen LogP contribution in [0.2, 0.25) is 0 Å². The van der Waals surface area contributed by atoms with E-state index >= 15 is 0 Å². The van der Waals surface area contributed by atoms with E-state index in [1.54, 1.807) is 6.26 Å². The van der Waals surface area contributed by atoms with Gasteiger partial charge in [0, 0.05) is 6.42 Å². The smallest absolute Gasteiger partial charge is 0.127 e. The van der Waals surface area contributed by atoms with Crippen molar-refractivity contribution in [2.75, 3.05) is 0 Å².